The van der Waals surface area contributed by atoms with E-state index >= 15 is 0 Å². The Morgan fingerprint density at radius 3 is 2.42 bits per heavy atom. The molecule has 1 heterocycles. The van der Waals surface area contributed by atoms with Gasteiger partial charge in [-0.05, 0) is 41.6 Å². The molecule has 5 nitrogen and oxygen atoms in total. The number of amides is 2. The van der Waals surface area contributed by atoms with Gasteiger partial charge < -0.3 is 15.2 Å². The molecule has 0 aliphatic carbocycles. The number of hydrogen-bond donors (Lipinski definition) is 2. The second-order valence-corrected chi connectivity index (χ2v) is 8.30. The first-order chi connectivity index (χ1) is 16.1. The molecule has 1 aromatic heterocycles. The van der Waals surface area contributed by atoms with Crippen molar-refractivity contribution in [3.05, 3.63) is 107 Å². The lowest BCUT2D eigenvalue weighted by Gasteiger charge is -2.19. The van der Waals surface area contributed by atoms with E-state index in [9.17, 15) is 9.59 Å². The molecule has 33 heavy (non-hydrogen) atoms. The molecule has 0 radical (unpaired) electrons. The zero-order valence-corrected chi connectivity index (χ0v) is 19.0. The van der Waals surface area contributed by atoms with Crippen molar-refractivity contribution in [3.8, 4) is 0 Å². The van der Waals surface area contributed by atoms with Crippen molar-refractivity contribution in [2.45, 2.75) is 25.4 Å². The van der Waals surface area contributed by atoms with E-state index in [1.54, 1.807) is 24.3 Å². The van der Waals surface area contributed by atoms with Crippen LogP contribution >= 0.6 is 11.6 Å². The summed E-state index contributed by atoms with van der Waals surface area (Å²) in [5.74, 6) is -0.414. The fraction of sp³-hybridized carbons (Fsp3) is 0.185. The van der Waals surface area contributed by atoms with Gasteiger partial charge in [-0.2, -0.15) is 0 Å². The maximum Gasteiger partial charge on any atom is 0.253 e. The molecule has 2 N–H and O–H groups in total. The third-order valence-electron chi connectivity index (χ3n) is 5.59. The summed E-state index contributed by atoms with van der Waals surface area (Å²) in [6.45, 7) is 1.38. The van der Waals surface area contributed by atoms with Gasteiger partial charge in [0.25, 0.3) is 5.91 Å². The van der Waals surface area contributed by atoms with Crippen LogP contribution in [0, 0.1) is 0 Å². The highest BCUT2D eigenvalue weighted by Gasteiger charge is 2.20. The van der Waals surface area contributed by atoms with Gasteiger partial charge in [-0.15, -0.1) is 0 Å². The molecule has 0 aliphatic heterocycles. The van der Waals surface area contributed by atoms with E-state index in [-0.39, 0.29) is 18.2 Å². The summed E-state index contributed by atoms with van der Waals surface area (Å²) < 4.78 is 2.19. The van der Waals surface area contributed by atoms with E-state index < -0.39 is 6.04 Å². The molecule has 1 atom stereocenters. The molecule has 168 valence electrons. The summed E-state index contributed by atoms with van der Waals surface area (Å²) in [4.78, 5) is 25.5. The Morgan fingerprint density at radius 1 is 0.879 bits per heavy atom. The highest BCUT2D eigenvalue weighted by molar-refractivity contribution is 6.33. The summed E-state index contributed by atoms with van der Waals surface area (Å²) in [6.07, 6.45) is 3.03. The van der Waals surface area contributed by atoms with Gasteiger partial charge in [-0.3, -0.25) is 9.59 Å². The van der Waals surface area contributed by atoms with Crippen LogP contribution in [0.4, 0.5) is 0 Å². The molecule has 0 spiro atoms. The second-order valence-electron chi connectivity index (χ2n) is 7.89. The summed E-state index contributed by atoms with van der Waals surface area (Å²) in [5, 5.41) is 7.54. The minimum Gasteiger partial charge on any atom is -0.356 e. The van der Waals surface area contributed by atoms with Gasteiger partial charge in [0, 0.05) is 24.8 Å². The molecule has 2 amide bonds. The number of hydrogen-bond acceptors (Lipinski definition) is 2. The molecule has 6 heteroatoms. The Hall–Kier alpha value is -3.57. The van der Waals surface area contributed by atoms with Crippen LogP contribution in [-0.4, -0.2) is 22.9 Å². The van der Waals surface area contributed by atoms with Crippen LogP contribution < -0.4 is 10.6 Å². The Kier molecular flexibility index (Phi) is 7.43. The standard InChI is InChI=1S/C27H26ClN3O2/c28-23-13-6-5-12-22(23)27(33)30-24(20-9-2-1-3-10-20)19-26(32)29-16-8-17-31-18-15-21-11-4-7-14-25(21)31/h1-7,9-15,18,24H,8,16-17,19H2,(H,29,32)(H,30,33). The molecule has 0 saturated carbocycles. The minimum atomic E-state index is -0.455. The first-order valence-electron chi connectivity index (χ1n) is 11.0. The second kappa shape index (κ2) is 10.8. The number of nitrogens with one attached hydrogen (secondary N) is 2. The van der Waals surface area contributed by atoms with Gasteiger partial charge in [-0.25, -0.2) is 0 Å². The van der Waals surface area contributed by atoms with Crippen LogP contribution in [0.25, 0.3) is 10.9 Å². The zero-order valence-electron chi connectivity index (χ0n) is 18.2. The van der Waals surface area contributed by atoms with Crippen LogP contribution in [0.15, 0.2) is 91.1 Å². The van der Waals surface area contributed by atoms with Gasteiger partial charge in [0.2, 0.25) is 5.91 Å². The first-order valence-corrected chi connectivity index (χ1v) is 11.4. The van der Waals surface area contributed by atoms with Gasteiger partial charge in [0.1, 0.15) is 0 Å². The van der Waals surface area contributed by atoms with E-state index in [2.05, 4.69) is 39.6 Å². The summed E-state index contributed by atoms with van der Waals surface area (Å²) >= 11 is 6.18. The number of rotatable bonds is 9. The van der Waals surface area contributed by atoms with Crippen LogP contribution in [0.3, 0.4) is 0 Å². The number of para-hydroxylation sites is 1. The fourth-order valence-corrected chi connectivity index (χ4v) is 4.11. The topological polar surface area (TPSA) is 63.1 Å². The van der Waals surface area contributed by atoms with E-state index in [0.717, 1.165) is 18.5 Å². The Morgan fingerprint density at radius 2 is 1.61 bits per heavy atom. The number of fused-ring (bicyclic) bond motifs is 1. The van der Waals surface area contributed by atoms with Crippen molar-refractivity contribution >= 4 is 34.3 Å². The molecule has 3 aromatic carbocycles. The predicted molar refractivity (Wildman–Crippen MR) is 132 cm³/mol. The molecule has 0 fully saturated rings. The number of halogens is 1. The predicted octanol–water partition coefficient (Wildman–Crippen LogP) is 5.36. The van der Waals surface area contributed by atoms with Gasteiger partial charge in [0.05, 0.1) is 23.0 Å². The molecular weight excluding hydrogens is 434 g/mol. The smallest absolute Gasteiger partial charge is 0.253 e. The van der Waals surface area contributed by atoms with Gasteiger partial charge in [0.15, 0.2) is 0 Å². The van der Waals surface area contributed by atoms with Crippen molar-refractivity contribution in [1.29, 1.82) is 0 Å². The van der Waals surface area contributed by atoms with E-state index in [4.69, 9.17) is 11.6 Å². The van der Waals surface area contributed by atoms with Crippen LogP contribution in [-0.2, 0) is 11.3 Å². The normalized spacial score (nSPS) is 11.8. The number of aromatic nitrogens is 1. The van der Waals surface area contributed by atoms with E-state index in [0.29, 0.717) is 17.1 Å². The highest BCUT2D eigenvalue weighted by atomic mass is 35.5. The highest BCUT2D eigenvalue weighted by Crippen LogP contribution is 2.20. The molecule has 0 saturated heterocycles. The van der Waals surface area contributed by atoms with Crippen molar-refractivity contribution in [2.24, 2.45) is 0 Å². The van der Waals surface area contributed by atoms with Crippen LogP contribution in [0.5, 0.6) is 0 Å². The van der Waals surface area contributed by atoms with Crippen molar-refractivity contribution in [2.75, 3.05) is 6.54 Å². The lowest BCUT2D eigenvalue weighted by Crippen LogP contribution is -2.34. The Bertz CT molecular complexity index is 1240. The number of benzene rings is 3. The molecule has 4 rings (SSSR count). The number of nitrogens with zero attached hydrogens (tertiary/aromatic N) is 1. The first kappa shape index (κ1) is 22.6. The summed E-state index contributed by atoms with van der Waals surface area (Å²) in [6, 6.07) is 26.3. The summed E-state index contributed by atoms with van der Waals surface area (Å²) in [7, 11) is 0. The lowest BCUT2D eigenvalue weighted by molar-refractivity contribution is -0.121. The number of carbonyl (C=O) groups excluding carboxylic acids is 2. The van der Waals surface area contributed by atoms with Gasteiger partial charge in [-0.1, -0.05) is 72.3 Å². The molecule has 1 unspecified atom stereocenters. The Balaban J connectivity index is 1.34. The molecule has 4 aromatic rings. The van der Waals surface area contributed by atoms with Gasteiger partial charge >= 0.3 is 0 Å². The van der Waals surface area contributed by atoms with E-state index in [1.807, 2.05) is 42.5 Å². The molecular formula is C27H26ClN3O2. The van der Waals surface area contributed by atoms with E-state index in [1.165, 1.54) is 10.9 Å². The quantitative estimate of drug-likeness (QED) is 0.331. The number of carbonyl (C=O) groups is 2. The third kappa shape index (κ3) is 5.82. The zero-order chi connectivity index (χ0) is 23.0. The number of aryl methyl sites for hydroxylation is 1. The molecule has 0 aliphatic rings. The molecule has 0 bridgehead atoms. The van der Waals surface area contributed by atoms with Crippen LogP contribution in [0.1, 0.15) is 34.8 Å². The average Bonchev–Trinajstić information content (AvgIpc) is 3.25. The summed E-state index contributed by atoms with van der Waals surface area (Å²) in [5.41, 5.74) is 2.45. The minimum absolute atomic E-state index is 0.110. The largest absolute Gasteiger partial charge is 0.356 e. The monoisotopic (exact) mass is 459 g/mol. The van der Waals surface area contributed by atoms with Crippen molar-refractivity contribution in [3.63, 3.8) is 0 Å². The SMILES string of the molecule is O=C(CC(NC(=O)c1ccccc1Cl)c1ccccc1)NCCCn1ccc2ccccc21. The Labute approximate surface area is 198 Å². The lowest BCUT2D eigenvalue weighted by atomic mass is 10.0. The van der Waals surface area contributed by atoms with Crippen molar-refractivity contribution in [1.82, 2.24) is 15.2 Å². The maximum absolute atomic E-state index is 12.8. The average molecular weight is 460 g/mol. The third-order valence-corrected chi connectivity index (χ3v) is 5.92. The fourth-order valence-electron chi connectivity index (χ4n) is 3.89. The van der Waals surface area contributed by atoms with Crippen LogP contribution in [0.2, 0.25) is 5.02 Å². The van der Waals surface area contributed by atoms with Crippen molar-refractivity contribution < 1.29 is 9.59 Å². The maximum atomic E-state index is 12.8.